The maximum absolute atomic E-state index is 13.0. The van der Waals surface area contributed by atoms with Gasteiger partial charge in [-0.15, -0.1) is 0 Å². The first kappa shape index (κ1) is 27.4. The largest absolute Gasteiger partial charge is 0.449 e. The molecule has 3 heterocycles. The van der Waals surface area contributed by atoms with Gasteiger partial charge in [0.15, 0.2) is 15.9 Å². The molecule has 0 radical (unpaired) electrons. The minimum absolute atomic E-state index is 0.0387. The van der Waals surface area contributed by atoms with Gasteiger partial charge in [-0.25, -0.2) is 22.6 Å². The van der Waals surface area contributed by atoms with Gasteiger partial charge in [0, 0.05) is 18.7 Å². The first-order valence-electron chi connectivity index (χ1n) is 11.9. The minimum Gasteiger partial charge on any atom is -0.449 e. The van der Waals surface area contributed by atoms with Crippen LogP contribution in [0.25, 0.3) is 11.8 Å². The minimum atomic E-state index is -3.13. The Morgan fingerprint density at radius 3 is 2.55 bits per heavy atom. The van der Waals surface area contributed by atoms with E-state index in [1.54, 1.807) is 49.8 Å². The Morgan fingerprint density at radius 1 is 1.24 bits per heavy atom. The fourth-order valence-corrected chi connectivity index (χ4v) is 6.35. The van der Waals surface area contributed by atoms with E-state index < -0.39 is 33.4 Å². The maximum Gasteiger partial charge on any atom is 0.331 e. The normalized spacial score (nSPS) is 17.6. The van der Waals surface area contributed by atoms with Crippen molar-refractivity contribution in [2.45, 2.75) is 39.3 Å². The smallest absolute Gasteiger partial charge is 0.331 e. The number of nitrogens with zero attached hydrogens (tertiary/aromatic N) is 4. The lowest BCUT2D eigenvalue weighted by molar-refractivity contribution is -0.148. The van der Waals surface area contributed by atoms with Gasteiger partial charge in [0.05, 0.1) is 34.6 Å². The van der Waals surface area contributed by atoms with E-state index >= 15 is 0 Å². The van der Waals surface area contributed by atoms with E-state index in [9.17, 15) is 22.8 Å². The van der Waals surface area contributed by atoms with Gasteiger partial charge in [-0.3, -0.25) is 14.3 Å². The summed E-state index contributed by atoms with van der Waals surface area (Å²) >= 11 is 6.43. The predicted octanol–water partition coefficient (Wildman–Crippen LogP) is 2.59. The lowest BCUT2D eigenvalue weighted by Crippen LogP contribution is -2.31. The number of esters is 1. The van der Waals surface area contributed by atoms with Crippen LogP contribution in [-0.2, 0) is 31.2 Å². The molecule has 1 aliphatic heterocycles. The lowest BCUT2D eigenvalue weighted by atomic mass is 10.2. The molecule has 1 saturated heterocycles. The van der Waals surface area contributed by atoms with Crippen molar-refractivity contribution in [3.63, 3.8) is 0 Å². The zero-order chi connectivity index (χ0) is 27.8. The molecular weight excluding hydrogens is 534 g/mol. The van der Waals surface area contributed by atoms with Crippen LogP contribution in [0, 0.1) is 13.8 Å². The van der Waals surface area contributed by atoms with Gasteiger partial charge in [-0.05, 0) is 45.4 Å². The Hall–Kier alpha value is -3.64. The topological polar surface area (TPSA) is 134 Å². The fraction of sp³-hybridized carbons (Fsp3) is 0.360. The number of nitrogens with one attached hydrogen (secondary N) is 1. The van der Waals surface area contributed by atoms with Crippen LogP contribution >= 0.6 is 11.6 Å². The third-order valence-electron chi connectivity index (χ3n) is 6.48. The number of amides is 1. The van der Waals surface area contributed by atoms with Crippen LogP contribution in [0.15, 0.2) is 41.2 Å². The molecule has 13 heteroatoms. The van der Waals surface area contributed by atoms with Crippen molar-refractivity contribution in [1.29, 1.82) is 0 Å². The molecular formula is C25H28ClN5O6S. The Kier molecular flexibility index (Phi) is 7.65. The van der Waals surface area contributed by atoms with Crippen LogP contribution in [0.2, 0.25) is 5.15 Å². The van der Waals surface area contributed by atoms with Crippen molar-refractivity contribution in [2.24, 2.45) is 7.05 Å². The van der Waals surface area contributed by atoms with E-state index in [1.807, 2.05) is 6.07 Å². The molecule has 0 unspecified atom stereocenters. The molecule has 2 aromatic heterocycles. The molecule has 202 valence electrons. The van der Waals surface area contributed by atoms with Crippen LogP contribution in [0.3, 0.4) is 0 Å². The summed E-state index contributed by atoms with van der Waals surface area (Å²) in [6.07, 6.45) is 1.75. The fourth-order valence-electron chi connectivity index (χ4n) is 4.29. The average Bonchev–Trinajstić information content (AvgIpc) is 3.44. The molecule has 38 heavy (non-hydrogen) atoms. The van der Waals surface area contributed by atoms with Gasteiger partial charge in [0.25, 0.3) is 11.5 Å². The highest BCUT2D eigenvalue weighted by atomic mass is 35.5. The van der Waals surface area contributed by atoms with Crippen LogP contribution in [-0.4, -0.2) is 57.0 Å². The highest BCUT2D eigenvalue weighted by Gasteiger charge is 2.32. The third kappa shape index (κ3) is 5.46. The quantitative estimate of drug-likeness (QED) is 0.346. The van der Waals surface area contributed by atoms with E-state index in [4.69, 9.17) is 16.3 Å². The molecule has 0 bridgehead atoms. The standard InChI is InChI=1S/C25H28ClN5O6S/c1-15-20(23(26)30(28-15)19-12-13-38(35,36)14-19)10-11-21(32)37-17(3)24(33)27-22-16(2)29(4)31(25(22)34)18-8-6-5-7-9-18/h5-11,17,19H,12-14H2,1-4H3,(H,27,33)/b11-10+/t17-,19-/m1/s1. The number of hydrogen-bond acceptors (Lipinski definition) is 7. The number of para-hydroxylation sites is 1. The molecule has 3 aromatic rings. The van der Waals surface area contributed by atoms with E-state index in [1.165, 1.54) is 22.4 Å². The summed E-state index contributed by atoms with van der Waals surface area (Å²) in [5.41, 5.74) is 1.81. The zero-order valence-electron chi connectivity index (χ0n) is 21.3. The van der Waals surface area contributed by atoms with E-state index in [0.717, 1.165) is 6.08 Å². The molecule has 0 aliphatic carbocycles. The van der Waals surface area contributed by atoms with Crippen molar-refractivity contribution in [2.75, 3.05) is 16.8 Å². The molecule has 4 rings (SSSR count). The SMILES string of the molecule is Cc1nn([C@@H]2CCS(=O)(=O)C2)c(Cl)c1/C=C/C(=O)O[C@H](C)C(=O)Nc1c(C)n(C)n(-c2ccccc2)c1=O. The Bertz CT molecular complexity index is 1590. The Morgan fingerprint density at radius 2 is 1.92 bits per heavy atom. The number of ether oxygens (including phenoxy) is 1. The van der Waals surface area contributed by atoms with Crippen LogP contribution in [0.5, 0.6) is 0 Å². The summed E-state index contributed by atoms with van der Waals surface area (Å²) in [5.74, 6) is -1.43. The van der Waals surface area contributed by atoms with Crippen molar-refractivity contribution in [3.05, 3.63) is 68.9 Å². The van der Waals surface area contributed by atoms with Gasteiger partial charge < -0.3 is 10.1 Å². The predicted molar refractivity (Wildman–Crippen MR) is 143 cm³/mol. The number of aromatic nitrogens is 4. The monoisotopic (exact) mass is 561 g/mol. The van der Waals surface area contributed by atoms with Crippen LogP contribution in [0.1, 0.15) is 36.3 Å². The molecule has 1 fully saturated rings. The molecule has 0 saturated carbocycles. The first-order valence-corrected chi connectivity index (χ1v) is 14.1. The summed E-state index contributed by atoms with van der Waals surface area (Å²) < 4.78 is 33.4. The molecule has 1 amide bonds. The second kappa shape index (κ2) is 10.6. The van der Waals surface area contributed by atoms with Gasteiger partial charge in [-0.1, -0.05) is 29.8 Å². The van der Waals surface area contributed by atoms with Crippen molar-refractivity contribution >= 4 is 45.1 Å². The number of carbonyl (C=O) groups excluding carboxylic acids is 2. The Balaban J connectivity index is 1.43. The van der Waals surface area contributed by atoms with E-state index in [0.29, 0.717) is 29.1 Å². The van der Waals surface area contributed by atoms with Gasteiger partial charge >= 0.3 is 5.97 Å². The second-order valence-electron chi connectivity index (χ2n) is 9.13. The average molecular weight is 562 g/mol. The molecule has 11 nitrogen and oxygen atoms in total. The molecule has 1 aromatic carbocycles. The number of hydrogen-bond donors (Lipinski definition) is 1. The van der Waals surface area contributed by atoms with E-state index in [2.05, 4.69) is 10.4 Å². The number of sulfone groups is 1. The maximum atomic E-state index is 13.0. The number of aryl methyl sites for hydroxylation is 1. The zero-order valence-corrected chi connectivity index (χ0v) is 22.9. The summed E-state index contributed by atoms with van der Waals surface area (Å²) in [4.78, 5) is 38.2. The summed E-state index contributed by atoms with van der Waals surface area (Å²) in [5, 5.41) is 7.12. The molecule has 2 atom stereocenters. The Labute approximate surface area is 224 Å². The van der Waals surface area contributed by atoms with Crippen molar-refractivity contribution < 1.29 is 22.7 Å². The second-order valence-corrected chi connectivity index (χ2v) is 11.7. The van der Waals surface area contributed by atoms with Gasteiger partial charge in [0.1, 0.15) is 10.8 Å². The van der Waals surface area contributed by atoms with E-state index in [-0.39, 0.29) is 28.4 Å². The summed E-state index contributed by atoms with van der Waals surface area (Å²) in [7, 11) is -1.42. The van der Waals surface area contributed by atoms with Crippen molar-refractivity contribution in [1.82, 2.24) is 19.1 Å². The molecule has 0 spiro atoms. The number of carbonyl (C=O) groups is 2. The molecule has 1 N–H and O–H groups in total. The number of benzene rings is 1. The summed E-state index contributed by atoms with van der Waals surface area (Å²) in [6.45, 7) is 4.78. The van der Waals surface area contributed by atoms with Crippen molar-refractivity contribution in [3.8, 4) is 5.69 Å². The van der Waals surface area contributed by atoms with Crippen LogP contribution < -0.4 is 10.9 Å². The highest BCUT2D eigenvalue weighted by Crippen LogP contribution is 2.30. The summed E-state index contributed by atoms with van der Waals surface area (Å²) in [6, 6.07) is 8.62. The van der Waals surface area contributed by atoms with Crippen LogP contribution in [0.4, 0.5) is 5.69 Å². The number of halogens is 1. The first-order chi connectivity index (χ1) is 17.9. The third-order valence-corrected chi connectivity index (χ3v) is 8.60. The number of anilines is 1. The van der Waals surface area contributed by atoms with Gasteiger partial charge in [0.2, 0.25) is 0 Å². The number of rotatable bonds is 7. The van der Waals surface area contributed by atoms with Gasteiger partial charge in [-0.2, -0.15) is 5.10 Å². The highest BCUT2D eigenvalue weighted by molar-refractivity contribution is 7.91. The molecule has 1 aliphatic rings. The lowest BCUT2D eigenvalue weighted by Gasteiger charge is -2.11.